The van der Waals surface area contributed by atoms with Gasteiger partial charge >= 0.3 is 0 Å². The van der Waals surface area contributed by atoms with Gasteiger partial charge in [0, 0.05) is 11.4 Å². The van der Waals surface area contributed by atoms with Crippen LogP contribution >= 0.6 is 27.7 Å². The van der Waals surface area contributed by atoms with Gasteiger partial charge in [-0.25, -0.2) is 14.4 Å². The van der Waals surface area contributed by atoms with Crippen LogP contribution in [0.15, 0.2) is 45.0 Å². The molecular weight excluding hydrogens is 329 g/mol. The molecule has 0 saturated heterocycles. The molecule has 1 aromatic heterocycles. The standard InChI is InChI=1S/C13H13BrFN3S/c1-2-7-16-12-11(14)13(18-8-17-12)19-10-6-4-3-5-9(10)15/h3-6,8H,2,7H2,1H3,(H,16,17,18). The fourth-order valence-electron chi connectivity index (χ4n) is 1.42. The smallest absolute Gasteiger partial charge is 0.144 e. The average molecular weight is 342 g/mol. The van der Waals surface area contributed by atoms with Gasteiger partial charge in [0.15, 0.2) is 0 Å². The lowest BCUT2D eigenvalue weighted by Crippen LogP contribution is -2.03. The first kappa shape index (κ1) is 14.3. The van der Waals surface area contributed by atoms with Crippen LogP contribution in [-0.4, -0.2) is 16.5 Å². The van der Waals surface area contributed by atoms with E-state index in [1.54, 1.807) is 18.2 Å². The summed E-state index contributed by atoms with van der Waals surface area (Å²) >= 11 is 4.74. The van der Waals surface area contributed by atoms with Crippen molar-refractivity contribution < 1.29 is 4.39 Å². The van der Waals surface area contributed by atoms with Crippen molar-refractivity contribution in [1.29, 1.82) is 0 Å². The number of anilines is 1. The van der Waals surface area contributed by atoms with E-state index >= 15 is 0 Å². The van der Waals surface area contributed by atoms with Gasteiger partial charge < -0.3 is 5.32 Å². The Kier molecular flexibility index (Phi) is 5.15. The second-order valence-corrected chi connectivity index (χ2v) is 5.62. The van der Waals surface area contributed by atoms with Gasteiger partial charge in [-0.3, -0.25) is 0 Å². The molecule has 0 fully saturated rings. The van der Waals surface area contributed by atoms with E-state index in [1.807, 2.05) is 0 Å². The summed E-state index contributed by atoms with van der Waals surface area (Å²) in [5.41, 5.74) is 0. The maximum absolute atomic E-state index is 13.6. The van der Waals surface area contributed by atoms with Gasteiger partial charge in [-0.15, -0.1) is 0 Å². The average Bonchev–Trinajstić information content (AvgIpc) is 2.42. The SMILES string of the molecule is CCCNc1ncnc(Sc2ccccc2F)c1Br. The fourth-order valence-corrected chi connectivity index (χ4v) is 2.82. The number of nitrogens with one attached hydrogen (secondary N) is 1. The lowest BCUT2D eigenvalue weighted by molar-refractivity contribution is 0.602. The van der Waals surface area contributed by atoms with Crippen LogP contribution in [0.3, 0.4) is 0 Å². The first-order valence-electron chi connectivity index (χ1n) is 5.89. The molecule has 1 N–H and O–H groups in total. The predicted molar refractivity (Wildman–Crippen MR) is 79.0 cm³/mol. The fraction of sp³-hybridized carbons (Fsp3) is 0.231. The van der Waals surface area contributed by atoms with Crippen molar-refractivity contribution in [2.45, 2.75) is 23.3 Å². The monoisotopic (exact) mass is 341 g/mol. The molecular formula is C13H13BrFN3S. The molecule has 0 spiro atoms. The van der Waals surface area contributed by atoms with Gasteiger partial charge in [0.25, 0.3) is 0 Å². The molecule has 0 unspecified atom stereocenters. The first-order chi connectivity index (χ1) is 9.22. The molecule has 100 valence electrons. The Hall–Kier alpha value is -1.14. The zero-order chi connectivity index (χ0) is 13.7. The van der Waals surface area contributed by atoms with Crippen LogP contribution in [0.25, 0.3) is 0 Å². The zero-order valence-electron chi connectivity index (χ0n) is 10.4. The van der Waals surface area contributed by atoms with E-state index in [0.717, 1.165) is 23.3 Å². The Morgan fingerprint density at radius 2 is 2.11 bits per heavy atom. The largest absolute Gasteiger partial charge is 0.369 e. The summed E-state index contributed by atoms with van der Waals surface area (Å²) in [4.78, 5) is 8.89. The molecule has 0 aliphatic carbocycles. The van der Waals surface area contributed by atoms with Gasteiger partial charge in [-0.05, 0) is 34.5 Å². The van der Waals surface area contributed by atoms with Crippen LogP contribution < -0.4 is 5.32 Å². The van der Waals surface area contributed by atoms with Crippen molar-refractivity contribution in [3.63, 3.8) is 0 Å². The Bertz CT molecular complexity index is 565. The molecule has 1 heterocycles. The highest BCUT2D eigenvalue weighted by Crippen LogP contribution is 2.35. The van der Waals surface area contributed by atoms with Crippen LogP contribution in [0.5, 0.6) is 0 Å². The third-order valence-electron chi connectivity index (χ3n) is 2.34. The normalized spacial score (nSPS) is 10.5. The summed E-state index contributed by atoms with van der Waals surface area (Å²) in [7, 11) is 0. The summed E-state index contributed by atoms with van der Waals surface area (Å²) in [5.74, 6) is 0.483. The minimum Gasteiger partial charge on any atom is -0.369 e. The Morgan fingerprint density at radius 3 is 2.84 bits per heavy atom. The summed E-state index contributed by atoms with van der Waals surface area (Å²) in [6.07, 6.45) is 2.48. The van der Waals surface area contributed by atoms with Crippen molar-refractivity contribution in [3.8, 4) is 0 Å². The second-order valence-electron chi connectivity index (χ2n) is 3.80. The Balaban J connectivity index is 2.23. The molecule has 2 aromatic rings. The number of benzene rings is 1. The van der Waals surface area contributed by atoms with Crippen LogP contribution in [0.2, 0.25) is 0 Å². The minimum atomic E-state index is -0.249. The summed E-state index contributed by atoms with van der Waals surface area (Å²) < 4.78 is 14.4. The van der Waals surface area contributed by atoms with Crippen LogP contribution in [0.4, 0.5) is 10.2 Å². The second kappa shape index (κ2) is 6.86. The number of rotatable bonds is 5. The first-order valence-corrected chi connectivity index (χ1v) is 7.50. The summed E-state index contributed by atoms with van der Waals surface area (Å²) in [5, 5.41) is 3.89. The Labute approximate surface area is 124 Å². The number of aromatic nitrogens is 2. The lowest BCUT2D eigenvalue weighted by Gasteiger charge is -2.09. The van der Waals surface area contributed by atoms with Gasteiger partial charge in [0.1, 0.15) is 23.0 Å². The van der Waals surface area contributed by atoms with Crippen LogP contribution in [0.1, 0.15) is 13.3 Å². The van der Waals surface area contributed by atoms with Crippen molar-refractivity contribution in [3.05, 3.63) is 40.9 Å². The molecule has 6 heteroatoms. The topological polar surface area (TPSA) is 37.8 Å². The maximum atomic E-state index is 13.6. The van der Waals surface area contributed by atoms with Crippen LogP contribution in [0, 0.1) is 5.82 Å². The third kappa shape index (κ3) is 3.67. The van der Waals surface area contributed by atoms with Gasteiger partial charge in [-0.2, -0.15) is 0 Å². The molecule has 0 amide bonds. The predicted octanol–water partition coefficient (Wildman–Crippen LogP) is 4.35. The molecule has 0 bridgehead atoms. The molecule has 19 heavy (non-hydrogen) atoms. The zero-order valence-corrected chi connectivity index (χ0v) is 12.8. The third-order valence-corrected chi connectivity index (χ3v) is 4.41. The van der Waals surface area contributed by atoms with Crippen molar-refractivity contribution in [1.82, 2.24) is 9.97 Å². The summed E-state index contributed by atoms with van der Waals surface area (Å²) in [6, 6.07) is 6.64. The van der Waals surface area contributed by atoms with Crippen LogP contribution in [-0.2, 0) is 0 Å². The highest BCUT2D eigenvalue weighted by Gasteiger charge is 2.11. The molecule has 0 aliphatic heterocycles. The maximum Gasteiger partial charge on any atom is 0.144 e. The lowest BCUT2D eigenvalue weighted by atomic mass is 10.3. The molecule has 0 radical (unpaired) electrons. The molecule has 3 nitrogen and oxygen atoms in total. The van der Waals surface area contributed by atoms with Crippen molar-refractivity contribution in [2.75, 3.05) is 11.9 Å². The quantitative estimate of drug-likeness (QED) is 0.820. The number of halogens is 2. The number of nitrogens with zero attached hydrogens (tertiary/aromatic N) is 2. The molecule has 0 aliphatic rings. The van der Waals surface area contributed by atoms with Gasteiger partial charge in [0.2, 0.25) is 0 Å². The minimum absolute atomic E-state index is 0.249. The summed E-state index contributed by atoms with van der Waals surface area (Å²) in [6.45, 7) is 2.91. The van der Waals surface area contributed by atoms with E-state index in [4.69, 9.17) is 0 Å². The van der Waals surface area contributed by atoms with Gasteiger partial charge in [0.05, 0.1) is 4.47 Å². The Morgan fingerprint density at radius 1 is 1.32 bits per heavy atom. The van der Waals surface area contributed by atoms with Gasteiger partial charge in [-0.1, -0.05) is 30.8 Å². The highest BCUT2D eigenvalue weighted by molar-refractivity contribution is 9.10. The highest BCUT2D eigenvalue weighted by atomic mass is 79.9. The van der Waals surface area contributed by atoms with Crippen molar-refractivity contribution >= 4 is 33.5 Å². The molecule has 0 atom stereocenters. The molecule has 2 rings (SSSR count). The van der Waals surface area contributed by atoms with E-state index in [-0.39, 0.29) is 5.82 Å². The molecule has 0 saturated carbocycles. The van der Waals surface area contributed by atoms with E-state index in [9.17, 15) is 4.39 Å². The number of hydrogen-bond acceptors (Lipinski definition) is 4. The number of hydrogen-bond donors (Lipinski definition) is 1. The molecule has 1 aromatic carbocycles. The van der Waals surface area contributed by atoms with E-state index in [2.05, 4.69) is 38.1 Å². The van der Waals surface area contributed by atoms with E-state index in [0.29, 0.717) is 9.92 Å². The van der Waals surface area contributed by atoms with Crippen molar-refractivity contribution in [2.24, 2.45) is 0 Å². The van der Waals surface area contributed by atoms with E-state index < -0.39 is 0 Å². The van der Waals surface area contributed by atoms with E-state index in [1.165, 1.54) is 24.2 Å².